The van der Waals surface area contributed by atoms with Crippen LogP contribution in [0.4, 0.5) is 0 Å². The average molecular weight is 388 g/mol. The van der Waals surface area contributed by atoms with Crippen molar-refractivity contribution in [2.45, 2.75) is 38.1 Å². The minimum Gasteiger partial charge on any atom is -0.271 e. The van der Waals surface area contributed by atoms with Gasteiger partial charge in [-0.3, -0.25) is 11.3 Å². The van der Waals surface area contributed by atoms with Gasteiger partial charge in [-0.2, -0.15) is 0 Å². The highest BCUT2D eigenvalue weighted by Gasteiger charge is 2.40. The normalized spacial score (nSPS) is 30.8. The van der Waals surface area contributed by atoms with Crippen LogP contribution in [0.5, 0.6) is 0 Å². The molecule has 2 nitrogen and oxygen atoms in total. The van der Waals surface area contributed by atoms with E-state index in [0.29, 0.717) is 0 Å². The molecule has 0 amide bonds. The third-order valence-corrected chi connectivity index (χ3v) is 6.17. The van der Waals surface area contributed by atoms with Gasteiger partial charge >= 0.3 is 0 Å². The second-order valence-corrected chi connectivity index (χ2v) is 7.83. The molecule has 104 valence electrons. The summed E-state index contributed by atoms with van der Waals surface area (Å²) in [6.07, 6.45) is 6.93. The first kappa shape index (κ1) is 14.1. The first-order valence-electron chi connectivity index (χ1n) is 7.08. The fraction of sp³-hybridized carbons (Fsp3) is 0.600. The summed E-state index contributed by atoms with van der Waals surface area (Å²) in [5.74, 6) is 8.62. The second-order valence-electron chi connectivity index (χ2n) is 6.06. The van der Waals surface area contributed by atoms with Crippen LogP contribution in [0.1, 0.15) is 43.7 Å². The van der Waals surface area contributed by atoms with Crippen LogP contribution >= 0.6 is 31.9 Å². The van der Waals surface area contributed by atoms with Crippen LogP contribution in [-0.2, 0) is 0 Å². The van der Waals surface area contributed by atoms with E-state index in [0.717, 1.165) is 33.1 Å². The molecule has 2 fully saturated rings. The van der Waals surface area contributed by atoms with Gasteiger partial charge in [0.15, 0.2) is 0 Å². The highest BCUT2D eigenvalue weighted by Crippen LogP contribution is 2.51. The van der Waals surface area contributed by atoms with E-state index >= 15 is 0 Å². The van der Waals surface area contributed by atoms with Crippen LogP contribution in [0.15, 0.2) is 27.1 Å². The molecule has 0 aromatic heterocycles. The summed E-state index contributed by atoms with van der Waals surface area (Å²) in [5.41, 5.74) is 4.29. The van der Waals surface area contributed by atoms with Crippen LogP contribution in [-0.4, -0.2) is 0 Å². The molecule has 2 aliphatic carbocycles. The van der Waals surface area contributed by atoms with Crippen molar-refractivity contribution >= 4 is 31.9 Å². The van der Waals surface area contributed by atoms with E-state index in [1.165, 1.54) is 31.2 Å². The van der Waals surface area contributed by atoms with Crippen LogP contribution in [0, 0.1) is 17.8 Å². The molecule has 3 N–H and O–H groups in total. The molecular weight excluding hydrogens is 368 g/mol. The van der Waals surface area contributed by atoms with Crippen molar-refractivity contribution < 1.29 is 0 Å². The van der Waals surface area contributed by atoms with Gasteiger partial charge in [-0.15, -0.1) is 0 Å². The van der Waals surface area contributed by atoms with Gasteiger partial charge in [-0.05, 0) is 67.2 Å². The number of halogens is 2. The van der Waals surface area contributed by atoms with E-state index in [2.05, 4.69) is 55.5 Å². The molecule has 4 atom stereocenters. The van der Waals surface area contributed by atoms with E-state index in [1.807, 2.05) is 0 Å². The van der Waals surface area contributed by atoms with Gasteiger partial charge in [0.05, 0.1) is 0 Å². The Labute approximate surface area is 131 Å². The molecule has 0 spiro atoms. The zero-order valence-corrected chi connectivity index (χ0v) is 14.1. The van der Waals surface area contributed by atoms with E-state index in [1.54, 1.807) is 0 Å². The lowest BCUT2D eigenvalue weighted by Gasteiger charge is -2.27. The Morgan fingerprint density at radius 3 is 2.74 bits per heavy atom. The molecule has 19 heavy (non-hydrogen) atoms. The maximum Gasteiger partial charge on any atom is 0.0474 e. The lowest BCUT2D eigenvalue weighted by atomic mass is 9.83. The number of benzene rings is 1. The molecule has 4 heteroatoms. The SMILES string of the molecule is NNC(CC1CC2CCC1C2)c1cc(Br)ccc1Br. The number of rotatable bonds is 4. The lowest BCUT2D eigenvalue weighted by Crippen LogP contribution is -2.31. The largest absolute Gasteiger partial charge is 0.271 e. The van der Waals surface area contributed by atoms with Gasteiger partial charge in [0, 0.05) is 15.0 Å². The number of nitrogens with two attached hydrogens (primary N) is 1. The molecule has 2 aliphatic rings. The summed E-state index contributed by atoms with van der Waals surface area (Å²) in [6, 6.07) is 6.56. The summed E-state index contributed by atoms with van der Waals surface area (Å²) in [7, 11) is 0. The van der Waals surface area contributed by atoms with E-state index in [9.17, 15) is 0 Å². The summed E-state index contributed by atoms with van der Waals surface area (Å²) >= 11 is 7.20. The third-order valence-electron chi connectivity index (χ3n) is 4.96. The summed E-state index contributed by atoms with van der Waals surface area (Å²) in [6.45, 7) is 0. The zero-order valence-electron chi connectivity index (χ0n) is 10.9. The highest BCUT2D eigenvalue weighted by atomic mass is 79.9. The monoisotopic (exact) mass is 386 g/mol. The number of fused-ring (bicyclic) bond motifs is 2. The molecule has 3 rings (SSSR count). The molecule has 0 radical (unpaired) electrons. The smallest absolute Gasteiger partial charge is 0.0474 e. The topological polar surface area (TPSA) is 38.0 Å². The standard InChI is InChI=1S/C15H20Br2N2/c16-12-3-4-14(17)13(8-12)15(19-18)7-11-6-9-1-2-10(11)5-9/h3-4,8-11,15,19H,1-2,5-7,18H2. The average Bonchev–Trinajstić information content (AvgIpc) is 3.01. The van der Waals surface area contributed by atoms with Crippen LogP contribution < -0.4 is 11.3 Å². The third kappa shape index (κ3) is 2.92. The summed E-state index contributed by atoms with van der Waals surface area (Å²) < 4.78 is 2.25. The van der Waals surface area contributed by atoms with E-state index in [4.69, 9.17) is 5.84 Å². The Balaban J connectivity index is 1.75. The van der Waals surface area contributed by atoms with E-state index < -0.39 is 0 Å². The van der Waals surface area contributed by atoms with Crippen molar-refractivity contribution in [3.63, 3.8) is 0 Å². The first-order valence-corrected chi connectivity index (χ1v) is 8.67. The molecule has 1 aromatic carbocycles. The fourth-order valence-corrected chi connectivity index (χ4v) is 4.94. The van der Waals surface area contributed by atoms with Crippen molar-refractivity contribution in [3.8, 4) is 0 Å². The number of hydrogen-bond donors (Lipinski definition) is 2. The van der Waals surface area contributed by atoms with Crippen LogP contribution in [0.25, 0.3) is 0 Å². The Morgan fingerprint density at radius 2 is 2.11 bits per heavy atom. The minimum atomic E-state index is 0.247. The maximum absolute atomic E-state index is 5.81. The quantitative estimate of drug-likeness (QED) is 0.587. The molecule has 4 unspecified atom stereocenters. The Kier molecular flexibility index (Phi) is 4.32. The Hall–Kier alpha value is 0.1000. The van der Waals surface area contributed by atoms with Crippen molar-refractivity contribution in [3.05, 3.63) is 32.7 Å². The van der Waals surface area contributed by atoms with Crippen molar-refractivity contribution in [1.82, 2.24) is 5.43 Å². The molecule has 2 saturated carbocycles. The van der Waals surface area contributed by atoms with Crippen molar-refractivity contribution in [2.75, 3.05) is 0 Å². The van der Waals surface area contributed by atoms with Gasteiger partial charge < -0.3 is 0 Å². The highest BCUT2D eigenvalue weighted by molar-refractivity contribution is 9.11. The predicted octanol–water partition coefficient (Wildman–Crippen LogP) is 4.54. The van der Waals surface area contributed by atoms with Gasteiger partial charge in [0.2, 0.25) is 0 Å². The predicted molar refractivity (Wildman–Crippen MR) is 85.5 cm³/mol. The molecule has 0 saturated heterocycles. The Bertz CT molecular complexity index is 463. The first-order chi connectivity index (χ1) is 9.17. The zero-order chi connectivity index (χ0) is 13.4. The molecule has 0 heterocycles. The second kappa shape index (κ2) is 5.84. The van der Waals surface area contributed by atoms with Gasteiger partial charge in [-0.1, -0.05) is 38.3 Å². The van der Waals surface area contributed by atoms with Crippen molar-refractivity contribution in [1.29, 1.82) is 0 Å². The van der Waals surface area contributed by atoms with Gasteiger partial charge in [0.25, 0.3) is 0 Å². The molecular formula is C15H20Br2N2. The maximum atomic E-state index is 5.81. The minimum absolute atomic E-state index is 0.247. The lowest BCUT2D eigenvalue weighted by molar-refractivity contribution is 0.280. The summed E-state index contributed by atoms with van der Waals surface area (Å²) in [4.78, 5) is 0. The molecule has 2 bridgehead atoms. The number of hydrazine groups is 1. The molecule has 1 aromatic rings. The van der Waals surface area contributed by atoms with Crippen molar-refractivity contribution in [2.24, 2.45) is 23.6 Å². The van der Waals surface area contributed by atoms with E-state index in [-0.39, 0.29) is 6.04 Å². The van der Waals surface area contributed by atoms with Crippen LogP contribution in [0.2, 0.25) is 0 Å². The molecule has 0 aliphatic heterocycles. The van der Waals surface area contributed by atoms with Crippen LogP contribution in [0.3, 0.4) is 0 Å². The number of hydrogen-bond acceptors (Lipinski definition) is 2. The summed E-state index contributed by atoms with van der Waals surface area (Å²) in [5, 5.41) is 0. The van der Waals surface area contributed by atoms with Gasteiger partial charge in [0.1, 0.15) is 0 Å². The van der Waals surface area contributed by atoms with Gasteiger partial charge in [-0.25, -0.2) is 0 Å². The fourth-order valence-electron chi connectivity index (χ4n) is 4.03. The number of nitrogens with one attached hydrogen (secondary N) is 1. The Morgan fingerprint density at radius 1 is 1.26 bits per heavy atom.